The fourth-order valence-electron chi connectivity index (χ4n) is 2.81. The molecular weight excluding hydrogens is 433 g/mol. The van der Waals surface area contributed by atoms with E-state index < -0.39 is 29.7 Å². The maximum Gasteiger partial charge on any atom is 0.331 e. The first kappa shape index (κ1) is 20.0. The number of nitrogens with zero attached hydrogens (tertiary/aromatic N) is 1. The van der Waals surface area contributed by atoms with Gasteiger partial charge in [-0.1, -0.05) is 0 Å². The van der Waals surface area contributed by atoms with Crippen molar-refractivity contribution in [1.82, 2.24) is 4.90 Å². The molecule has 1 saturated heterocycles. The molecule has 6 nitrogen and oxygen atoms in total. The number of halogens is 2. The van der Waals surface area contributed by atoms with E-state index in [0.717, 1.165) is 23.1 Å². The van der Waals surface area contributed by atoms with Gasteiger partial charge in [-0.25, -0.2) is 9.18 Å². The van der Waals surface area contributed by atoms with E-state index in [1.165, 1.54) is 18.2 Å². The van der Waals surface area contributed by atoms with Crippen molar-refractivity contribution < 1.29 is 27.9 Å². The van der Waals surface area contributed by atoms with Gasteiger partial charge >= 0.3 is 5.97 Å². The van der Waals surface area contributed by atoms with Gasteiger partial charge in [0.1, 0.15) is 11.6 Å². The Bertz CT molecular complexity index is 906. The summed E-state index contributed by atoms with van der Waals surface area (Å²) in [6.45, 7) is 0.222. The average molecular weight is 450 g/mol. The number of carbonyl (C=O) groups is 3. The highest BCUT2D eigenvalue weighted by Gasteiger charge is 2.33. The lowest BCUT2D eigenvalue weighted by molar-refractivity contribution is -0.154. The van der Waals surface area contributed by atoms with E-state index in [4.69, 9.17) is 9.15 Å². The molecule has 8 heteroatoms. The van der Waals surface area contributed by atoms with Crippen LogP contribution < -0.4 is 0 Å². The summed E-state index contributed by atoms with van der Waals surface area (Å²) in [5.41, 5.74) is 0.199. The van der Waals surface area contributed by atoms with E-state index in [9.17, 15) is 18.8 Å². The Balaban J connectivity index is 1.68. The van der Waals surface area contributed by atoms with E-state index in [0.29, 0.717) is 29.7 Å². The Morgan fingerprint density at radius 1 is 1.18 bits per heavy atom. The lowest BCUT2D eigenvalue weighted by atomic mass is 10.1. The first-order chi connectivity index (χ1) is 13.4. The smallest absolute Gasteiger partial charge is 0.331 e. The Morgan fingerprint density at radius 2 is 1.93 bits per heavy atom. The third kappa shape index (κ3) is 4.95. The highest BCUT2D eigenvalue weighted by Crippen LogP contribution is 2.19. The number of imide groups is 1. The summed E-state index contributed by atoms with van der Waals surface area (Å²) >= 11 is 3.16. The van der Waals surface area contributed by atoms with Crippen LogP contribution in [0.3, 0.4) is 0 Å². The van der Waals surface area contributed by atoms with Crippen LogP contribution in [0.15, 0.2) is 51.6 Å². The van der Waals surface area contributed by atoms with Crippen LogP contribution in [0.25, 0.3) is 6.08 Å². The van der Waals surface area contributed by atoms with Crippen molar-refractivity contribution in [2.45, 2.75) is 25.4 Å². The van der Waals surface area contributed by atoms with Crippen molar-refractivity contribution in [2.24, 2.45) is 0 Å². The zero-order valence-corrected chi connectivity index (χ0v) is 16.4. The van der Waals surface area contributed by atoms with Crippen molar-refractivity contribution in [1.29, 1.82) is 0 Å². The molecule has 1 unspecified atom stereocenters. The van der Waals surface area contributed by atoms with Crippen molar-refractivity contribution in [3.05, 3.63) is 64.3 Å². The van der Waals surface area contributed by atoms with Crippen LogP contribution in [0.2, 0.25) is 0 Å². The van der Waals surface area contributed by atoms with Gasteiger partial charge in [0.2, 0.25) is 0 Å². The number of ether oxygens (including phenoxy) is 1. The first-order valence-corrected chi connectivity index (χ1v) is 9.48. The normalized spacial score (nSPS) is 17.6. The Hall–Kier alpha value is -2.74. The first-order valence-electron chi connectivity index (χ1n) is 8.69. The van der Waals surface area contributed by atoms with Gasteiger partial charge in [0, 0.05) is 18.2 Å². The molecule has 0 bridgehead atoms. The molecule has 3 rings (SSSR count). The zero-order chi connectivity index (χ0) is 20.1. The van der Waals surface area contributed by atoms with Gasteiger partial charge in [-0.2, -0.15) is 0 Å². The highest BCUT2D eigenvalue weighted by molar-refractivity contribution is 9.10. The van der Waals surface area contributed by atoms with Gasteiger partial charge in [0.25, 0.3) is 11.8 Å². The Labute approximate surface area is 169 Å². The molecule has 2 heterocycles. The molecule has 146 valence electrons. The number of carbonyl (C=O) groups excluding carboxylic acids is 3. The van der Waals surface area contributed by atoms with Gasteiger partial charge in [-0.05, 0) is 77.7 Å². The molecule has 0 aliphatic carbocycles. The molecule has 0 radical (unpaired) electrons. The van der Waals surface area contributed by atoms with Crippen molar-refractivity contribution in [3.63, 3.8) is 0 Å². The van der Waals surface area contributed by atoms with Crippen molar-refractivity contribution in [2.75, 3.05) is 6.54 Å². The van der Waals surface area contributed by atoms with Gasteiger partial charge < -0.3 is 9.15 Å². The SMILES string of the molecule is O=C(/C=C/c1ccc(Br)o1)OC1CCCCN(C(=O)c2ccc(F)cc2)C1=O. The summed E-state index contributed by atoms with van der Waals surface area (Å²) in [6, 6.07) is 8.30. The van der Waals surface area contributed by atoms with Crippen molar-refractivity contribution in [3.8, 4) is 0 Å². The second kappa shape index (κ2) is 8.97. The molecule has 1 aromatic carbocycles. The van der Waals surface area contributed by atoms with E-state index in [1.54, 1.807) is 12.1 Å². The second-order valence-electron chi connectivity index (χ2n) is 6.20. The van der Waals surface area contributed by atoms with E-state index in [1.807, 2.05) is 0 Å². The monoisotopic (exact) mass is 449 g/mol. The molecule has 2 aromatic rings. The van der Waals surface area contributed by atoms with Crippen LogP contribution in [-0.4, -0.2) is 35.3 Å². The largest absolute Gasteiger partial charge is 0.450 e. The highest BCUT2D eigenvalue weighted by atomic mass is 79.9. The molecular formula is C20H17BrFNO5. The summed E-state index contributed by atoms with van der Waals surface area (Å²) in [4.78, 5) is 38.5. The molecule has 28 heavy (non-hydrogen) atoms. The summed E-state index contributed by atoms with van der Waals surface area (Å²) in [5, 5.41) is 0. The lowest BCUT2D eigenvalue weighted by Gasteiger charge is -2.22. The summed E-state index contributed by atoms with van der Waals surface area (Å²) in [7, 11) is 0. The summed E-state index contributed by atoms with van der Waals surface area (Å²) < 4.78 is 24.1. The number of hydrogen-bond donors (Lipinski definition) is 0. The second-order valence-corrected chi connectivity index (χ2v) is 6.98. The molecule has 1 aliphatic rings. The minimum absolute atomic E-state index is 0.199. The predicted molar refractivity (Wildman–Crippen MR) is 102 cm³/mol. The number of likely N-dealkylation sites (tertiary alicyclic amines) is 1. The molecule has 0 saturated carbocycles. The summed E-state index contributed by atoms with van der Waals surface area (Å²) in [6.07, 6.45) is 3.10. The minimum Gasteiger partial charge on any atom is -0.450 e. The lowest BCUT2D eigenvalue weighted by Crippen LogP contribution is -2.43. The predicted octanol–water partition coefficient (Wildman–Crippen LogP) is 3.96. The summed E-state index contributed by atoms with van der Waals surface area (Å²) in [5.74, 6) is -1.84. The van der Waals surface area contributed by atoms with Crippen LogP contribution in [0.1, 0.15) is 35.4 Å². The van der Waals surface area contributed by atoms with Gasteiger partial charge in [0.05, 0.1) is 0 Å². The molecule has 2 amide bonds. The van der Waals surface area contributed by atoms with Crippen LogP contribution in [0, 0.1) is 5.82 Å². The number of esters is 1. The number of amides is 2. The molecule has 0 N–H and O–H groups in total. The zero-order valence-electron chi connectivity index (χ0n) is 14.8. The third-order valence-electron chi connectivity index (χ3n) is 4.21. The van der Waals surface area contributed by atoms with Crippen molar-refractivity contribution >= 4 is 39.8 Å². The molecule has 1 aromatic heterocycles. The van der Waals surface area contributed by atoms with E-state index >= 15 is 0 Å². The van der Waals surface area contributed by atoms with Crippen LogP contribution in [0.4, 0.5) is 4.39 Å². The number of rotatable bonds is 4. The van der Waals surface area contributed by atoms with Crippen LogP contribution >= 0.6 is 15.9 Å². The van der Waals surface area contributed by atoms with E-state index in [-0.39, 0.29) is 12.1 Å². The van der Waals surface area contributed by atoms with Gasteiger partial charge in [0.15, 0.2) is 10.8 Å². The number of furan rings is 1. The Kier molecular flexibility index (Phi) is 6.41. The van der Waals surface area contributed by atoms with Gasteiger partial charge in [-0.15, -0.1) is 0 Å². The number of benzene rings is 1. The van der Waals surface area contributed by atoms with Crippen LogP contribution in [-0.2, 0) is 14.3 Å². The molecule has 1 atom stereocenters. The topological polar surface area (TPSA) is 76.8 Å². The fraction of sp³-hybridized carbons (Fsp3) is 0.250. The standard InChI is InChI=1S/C20H17BrFNO5/c21-17-10-8-15(27-17)9-11-18(24)28-16-3-1-2-12-23(20(16)26)19(25)13-4-6-14(22)7-5-13/h4-11,16H,1-3,12H2/b11-9+. The number of hydrogen-bond acceptors (Lipinski definition) is 5. The molecule has 1 fully saturated rings. The molecule has 1 aliphatic heterocycles. The molecule has 0 spiro atoms. The Morgan fingerprint density at radius 3 is 2.61 bits per heavy atom. The average Bonchev–Trinajstić information content (AvgIpc) is 3.01. The quantitative estimate of drug-likeness (QED) is 0.401. The maximum absolute atomic E-state index is 13.1. The minimum atomic E-state index is -1.05. The van der Waals surface area contributed by atoms with Crippen LogP contribution in [0.5, 0.6) is 0 Å². The van der Waals surface area contributed by atoms with E-state index in [2.05, 4.69) is 15.9 Å². The maximum atomic E-state index is 13.1. The third-order valence-corrected chi connectivity index (χ3v) is 4.64. The van der Waals surface area contributed by atoms with Gasteiger partial charge in [-0.3, -0.25) is 14.5 Å². The fourth-order valence-corrected chi connectivity index (χ4v) is 3.13.